The van der Waals surface area contributed by atoms with Crippen molar-refractivity contribution < 1.29 is 8.78 Å². The average molecular weight is 261 g/mol. The zero-order valence-corrected chi connectivity index (χ0v) is 10.3. The molecule has 2 aromatic rings. The lowest BCUT2D eigenvalue weighted by atomic mass is 9.97. The fourth-order valence-electron chi connectivity index (χ4n) is 1.94. The Morgan fingerprint density at radius 1 is 1.37 bits per heavy atom. The molecule has 2 N–H and O–H groups in total. The molecule has 0 saturated carbocycles. The van der Waals surface area contributed by atoms with Crippen molar-refractivity contribution in [3.8, 4) is 0 Å². The number of nitrogens with one attached hydrogen (secondary N) is 2. The predicted molar refractivity (Wildman–Crippen MR) is 72.5 cm³/mol. The van der Waals surface area contributed by atoms with Gasteiger partial charge in [0.05, 0.1) is 0 Å². The first-order valence-corrected chi connectivity index (χ1v) is 5.71. The molecular weight excluding hydrogens is 248 g/mol. The molecule has 98 valence electrons. The zero-order valence-electron chi connectivity index (χ0n) is 10.3. The van der Waals surface area contributed by atoms with E-state index in [-0.39, 0.29) is 5.56 Å². The van der Waals surface area contributed by atoms with Crippen molar-refractivity contribution in [1.29, 1.82) is 5.41 Å². The van der Waals surface area contributed by atoms with Crippen molar-refractivity contribution in [2.45, 2.75) is 6.43 Å². The third kappa shape index (κ3) is 2.59. The minimum atomic E-state index is -2.59. The smallest absolute Gasteiger partial charge is 0.264 e. The van der Waals surface area contributed by atoms with Gasteiger partial charge in [-0.05, 0) is 29.1 Å². The lowest BCUT2D eigenvalue weighted by molar-refractivity contribution is 0.151. The fourth-order valence-corrected chi connectivity index (χ4v) is 1.94. The van der Waals surface area contributed by atoms with Crippen molar-refractivity contribution in [3.63, 3.8) is 0 Å². The maximum absolute atomic E-state index is 13.2. The summed E-state index contributed by atoms with van der Waals surface area (Å²) in [7, 11) is 1.66. The van der Waals surface area contributed by atoms with E-state index in [1.54, 1.807) is 31.6 Å². The largest absolute Gasteiger partial charge is 0.393 e. The third-order valence-corrected chi connectivity index (χ3v) is 2.81. The topological polar surface area (TPSA) is 48.8 Å². The minimum Gasteiger partial charge on any atom is -0.393 e. The van der Waals surface area contributed by atoms with Gasteiger partial charge < -0.3 is 10.7 Å². The van der Waals surface area contributed by atoms with Crippen molar-refractivity contribution in [3.05, 3.63) is 47.9 Å². The van der Waals surface area contributed by atoms with Gasteiger partial charge in [-0.3, -0.25) is 4.98 Å². The van der Waals surface area contributed by atoms with Gasteiger partial charge in [-0.25, -0.2) is 8.78 Å². The number of pyridine rings is 1. The summed E-state index contributed by atoms with van der Waals surface area (Å²) < 4.78 is 26.3. The molecule has 0 aliphatic carbocycles. The van der Waals surface area contributed by atoms with E-state index in [0.717, 1.165) is 11.6 Å². The molecule has 5 heteroatoms. The summed E-state index contributed by atoms with van der Waals surface area (Å²) in [5.41, 5.74) is 0.673. The highest BCUT2D eigenvalue weighted by molar-refractivity contribution is 6.10. The van der Waals surface area contributed by atoms with E-state index in [1.807, 2.05) is 0 Å². The Morgan fingerprint density at radius 2 is 2.16 bits per heavy atom. The Morgan fingerprint density at radius 3 is 2.79 bits per heavy atom. The second kappa shape index (κ2) is 5.56. The summed E-state index contributed by atoms with van der Waals surface area (Å²) >= 11 is 0. The maximum atomic E-state index is 13.2. The summed E-state index contributed by atoms with van der Waals surface area (Å²) in [4.78, 5) is 3.98. The summed E-state index contributed by atoms with van der Waals surface area (Å²) in [6.07, 6.45) is 3.18. The zero-order chi connectivity index (χ0) is 13.8. The third-order valence-electron chi connectivity index (χ3n) is 2.81. The van der Waals surface area contributed by atoms with Gasteiger partial charge in [0, 0.05) is 48.4 Å². The van der Waals surface area contributed by atoms with Gasteiger partial charge in [0.2, 0.25) is 0 Å². The Balaban J connectivity index is 2.72. The molecule has 0 amide bonds. The molecule has 0 saturated heterocycles. The van der Waals surface area contributed by atoms with Crippen LogP contribution in [0.15, 0.2) is 36.8 Å². The minimum absolute atomic E-state index is 0.0799. The normalized spacial score (nSPS) is 11.9. The molecule has 1 aromatic carbocycles. The molecule has 0 bridgehead atoms. The lowest BCUT2D eigenvalue weighted by Gasteiger charge is -2.11. The van der Waals surface area contributed by atoms with Crippen LogP contribution in [0, 0.1) is 5.41 Å². The van der Waals surface area contributed by atoms with Crippen LogP contribution in [0.5, 0.6) is 0 Å². The van der Waals surface area contributed by atoms with E-state index in [2.05, 4.69) is 10.3 Å². The molecular formula is C14H13F2N3. The van der Waals surface area contributed by atoms with Gasteiger partial charge in [0.25, 0.3) is 6.43 Å². The van der Waals surface area contributed by atoms with Crippen molar-refractivity contribution in [2.75, 3.05) is 7.05 Å². The van der Waals surface area contributed by atoms with Crippen LogP contribution in [0.2, 0.25) is 0 Å². The monoisotopic (exact) mass is 261 g/mol. The Labute approximate surface area is 109 Å². The Bertz CT molecular complexity index is 636. The highest BCUT2D eigenvalue weighted by Gasteiger charge is 2.16. The van der Waals surface area contributed by atoms with Crippen LogP contribution >= 0.6 is 0 Å². The Hall–Kier alpha value is -2.30. The van der Waals surface area contributed by atoms with Crippen LogP contribution in [0.1, 0.15) is 17.6 Å². The Kier molecular flexibility index (Phi) is 3.85. The maximum Gasteiger partial charge on any atom is 0.264 e. The SMILES string of the molecule is CN/C=C(\C=N)c1cc2cnccc2cc1C(F)F. The van der Waals surface area contributed by atoms with Gasteiger partial charge >= 0.3 is 0 Å². The first-order valence-electron chi connectivity index (χ1n) is 5.71. The van der Waals surface area contributed by atoms with Crippen LogP contribution in [0.3, 0.4) is 0 Å². The molecule has 2 rings (SSSR count). The van der Waals surface area contributed by atoms with E-state index in [9.17, 15) is 8.78 Å². The quantitative estimate of drug-likeness (QED) is 0.829. The first-order chi connectivity index (χ1) is 9.17. The van der Waals surface area contributed by atoms with Crippen LogP contribution in [-0.2, 0) is 0 Å². The van der Waals surface area contributed by atoms with E-state index >= 15 is 0 Å². The lowest BCUT2D eigenvalue weighted by Crippen LogP contribution is -2.01. The predicted octanol–water partition coefficient (Wildman–Crippen LogP) is 3.38. The van der Waals surface area contributed by atoms with Crippen LogP contribution in [0.25, 0.3) is 16.3 Å². The van der Waals surface area contributed by atoms with Gasteiger partial charge in [-0.1, -0.05) is 0 Å². The summed E-state index contributed by atoms with van der Waals surface area (Å²) in [6, 6.07) is 4.78. The van der Waals surface area contributed by atoms with Crippen LogP contribution in [0.4, 0.5) is 8.78 Å². The summed E-state index contributed by atoms with van der Waals surface area (Å²) in [5, 5.41) is 11.6. The molecule has 3 nitrogen and oxygen atoms in total. The second-order valence-corrected chi connectivity index (χ2v) is 4.00. The van der Waals surface area contributed by atoms with Crippen LogP contribution < -0.4 is 5.32 Å². The van der Waals surface area contributed by atoms with Crippen molar-refractivity contribution in [2.24, 2.45) is 0 Å². The standard InChI is InChI=1S/C14H13F2N3/c1-18-7-11(6-17)12-5-10-8-19-3-2-9(10)4-13(12)14(15)16/h2-8,14,17-18H,1H3/b11-7+,17-6?. The number of fused-ring (bicyclic) bond motifs is 1. The highest BCUT2D eigenvalue weighted by Crippen LogP contribution is 2.31. The van der Waals surface area contributed by atoms with Gasteiger partial charge in [0.1, 0.15) is 0 Å². The van der Waals surface area contributed by atoms with E-state index in [4.69, 9.17) is 5.41 Å². The van der Waals surface area contributed by atoms with E-state index < -0.39 is 6.43 Å². The number of aromatic nitrogens is 1. The van der Waals surface area contributed by atoms with Gasteiger partial charge in [-0.2, -0.15) is 0 Å². The molecule has 0 unspecified atom stereocenters. The van der Waals surface area contributed by atoms with Gasteiger partial charge in [0.15, 0.2) is 0 Å². The van der Waals surface area contributed by atoms with Crippen LogP contribution in [-0.4, -0.2) is 18.2 Å². The molecule has 1 aromatic heterocycles. The summed E-state index contributed by atoms with van der Waals surface area (Å²) in [6.45, 7) is 0. The van der Waals surface area contributed by atoms with Crippen molar-refractivity contribution >= 4 is 22.6 Å². The average Bonchev–Trinajstić information content (AvgIpc) is 2.43. The first kappa shape index (κ1) is 13.1. The molecule has 0 aliphatic heterocycles. The molecule has 0 aliphatic rings. The summed E-state index contributed by atoms with van der Waals surface area (Å²) in [5.74, 6) is 0. The number of nitrogens with zero attached hydrogens (tertiary/aromatic N) is 1. The number of hydrogen-bond acceptors (Lipinski definition) is 3. The fraction of sp³-hybridized carbons (Fsp3) is 0.143. The molecule has 19 heavy (non-hydrogen) atoms. The number of halogens is 2. The number of allylic oxidation sites excluding steroid dienone is 1. The van der Waals surface area contributed by atoms with E-state index in [0.29, 0.717) is 16.5 Å². The van der Waals surface area contributed by atoms with E-state index in [1.165, 1.54) is 12.3 Å². The number of benzene rings is 1. The molecule has 0 spiro atoms. The van der Waals surface area contributed by atoms with Gasteiger partial charge in [-0.15, -0.1) is 0 Å². The number of rotatable bonds is 4. The molecule has 1 heterocycles. The molecule has 0 fully saturated rings. The van der Waals surface area contributed by atoms with Crippen molar-refractivity contribution in [1.82, 2.24) is 10.3 Å². The number of hydrogen-bond donors (Lipinski definition) is 2. The second-order valence-electron chi connectivity index (χ2n) is 4.00. The molecule has 0 radical (unpaired) electrons. The number of alkyl halides is 2. The highest BCUT2D eigenvalue weighted by atomic mass is 19.3. The molecule has 0 atom stereocenters.